The molecule has 1 aromatic rings. The van der Waals surface area contributed by atoms with Crippen molar-refractivity contribution < 1.29 is 14.3 Å². The average molecular weight is 316 g/mol. The third-order valence-electron chi connectivity index (χ3n) is 2.58. The molecule has 0 aliphatic carbocycles. The first kappa shape index (κ1) is 14.8. The Morgan fingerprint density at radius 2 is 2.11 bits per heavy atom. The van der Waals surface area contributed by atoms with Gasteiger partial charge in [0.25, 0.3) is 0 Å². The molecule has 0 fully saturated rings. The summed E-state index contributed by atoms with van der Waals surface area (Å²) in [6.45, 7) is 2.37. The Morgan fingerprint density at radius 3 is 2.67 bits per heavy atom. The summed E-state index contributed by atoms with van der Waals surface area (Å²) in [5, 5.41) is 2.85. The molecule has 0 heterocycles. The summed E-state index contributed by atoms with van der Waals surface area (Å²) in [4.78, 5) is 11.5. The number of nitrogens with one attached hydrogen (secondary N) is 1. The fourth-order valence-electron chi connectivity index (χ4n) is 1.50. The second kappa shape index (κ2) is 7.26. The molecule has 1 N–H and O–H groups in total. The summed E-state index contributed by atoms with van der Waals surface area (Å²) in [5.74, 6) is 1.45. The summed E-state index contributed by atoms with van der Waals surface area (Å²) in [6.07, 6.45) is 0.751. The van der Waals surface area contributed by atoms with Gasteiger partial charge in [-0.05, 0) is 24.6 Å². The summed E-state index contributed by atoms with van der Waals surface area (Å²) < 4.78 is 10.4. The first-order chi connectivity index (χ1) is 8.62. The molecule has 100 valence electrons. The van der Waals surface area contributed by atoms with Crippen molar-refractivity contribution in [2.45, 2.75) is 24.7 Å². The van der Waals surface area contributed by atoms with E-state index < -0.39 is 0 Å². The van der Waals surface area contributed by atoms with E-state index in [-0.39, 0.29) is 10.7 Å². The zero-order valence-corrected chi connectivity index (χ0v) is 12.4. The number of rotatable bonds is 6. The van der Waals surface area contributed by atoms with Crippen LogP contribution in [-0.2, 0) is 11.3 Å². The third kappa shape index (κ3) is 3.91. The second-order valence-corrected chi connectivity index (χ2v) is 4.88. The van der Waals surface area contributed by atoms with Crippen LogP contribution in [0.3, 0.4) is 0 Å². The topological polar surface area (TPSA) is 47.6 Å². The van der Waals surface area contributed by atoms with Gasteiger partial charge in [0.2, 0.25) is 5.91 Å². The van der Waals surface area contributed by atoms with Crippen molar-refractivity contribution in [2.24, 2.45) is 0 Å². The Kier molecular flexibility index (Phi) is 5.98. The number of alkyl halides is 1. The Bertz CT molecular complexity index is 409. The zero-order chi connectivity index (χ0) is 13.5. The van der Waals surface area contributed by atoms with Crippen molar-refractivity contribution in [1.82, 2.24) is 5.32 Å². The van der Waals surface area contributed by atoms with Crippen molar-refractivity contribution in [3.05, 3.63) is 23.8 Å². The molecule has 0 bridgehead atoms. The van der Waals surface area contributed by atoms with Crippen molar-refractivity contribution in [3.63, 3.8) is 0 Å². The van der Waals surface area contributed by atoms with E-state index in [2.05, 4.69) is 21.2 Å². The predicted molar refractivity (Wildman–Crippen MR) is 74.4 cm³/mol. The normalized spacial score (nSPS) is 11.8. The molecule has 0 radical (unpaired) electrons. The standard InChI is InChI=1S/C13H18BrNO3/c1-4-11(14)13(16)15-8-9-7-10(17-2)5-6-12(9)18-3/h5-7,11H,4,8H2,1-3H3,(H,15,16). The highest BCUT2D eigenvalue weighted by molar-refractivity contribution is 9.10. The van der Waals surface area contributed by atoms with E-state index in [9.17, 15) is 4.79 Å². The van der Waals surface area contributed by atoms with Gasteiger partial charge in [0.05, 0.1) is 19.0 Å². The first-order valence-electron chi connectivity index (χ1n) is 5.75. The highest BCUT2D eigenvalue weighted by Gasteiger charge is 2.13. The summed E-state index contributed by atoms with van der Waals surface area (Å²) in [5.41, 5.74) is 0.890. The van der Waals surface area contributed by atoms with Crippen LogP contribution in [0.25, 0.3) is 0 Å². The third-order valence-corrected chi connectivity index (χ3v) is 3.65. The average Bonchev–Trinajstić information content (AvgIpc) is 2.43. The Labute approximate surface area is 116 Å². The summed E-state index contributed by atoms with van der Waals surface area (Å²) in [6, 6.07) is 5.50. The van der Waals surface area contributed by atoms with Crippen LogP contribution < -0.4 is 14.8 Å². The van der Waals surface area contributed by atoms with Gasteiger partial charge in [-0.2, -0.15) is 0 Å². The van der Waals surface area contributed by atoms with E-state index in [4.69, 9.17) is 9.47 Å². The van der Waals surface area contributed by atoms with Gasteiger partial charge in [-0.1, -0.05) is 22.9 Å². The van der Waals surface area contributed by atoms with Crippen molar-refractivity contribution in [3.8, 4) is 11.5 Å². The smallest absolute Gasteiger partial charge is 0.234 e. The highest BCUT2D eigenvalue weighted by atomic mass is 79.9. The largest absolute Gasteiger partial charge is 0.497 e. The molecule has 0 saturated heterocycles. The number of amides is 1. The van der Waals surface area contributed by atoms with Crippen LogP contribution in [0.15, 0.2) is 18.2 Å². The first-order valence-corrected chi connectivity index (χ1v) is 6.66. The fraction of sp³-hybridized carbons (Fsp3) is 0.462. The quantitative estimate of drug-likeness (QED) is 0.820. The minimum atomic E-state index is -0.158. The molecule has 18 heavy (non-hydrogen) atoms. The SMILES string of the molecule is CCC(Br)C(=O)NCc1cc(OC)ccc1OC. The molecule has 1 rings (SSSR count). The number of hydrogen-bond donors (Lipinski definition) is 1. The van der Waals surface area contributed by atoms with E-state index in [1.54, 1.807) is 14.2 Å². The monoisotopic (exact) mass is 315 g/mol. The molecule has 5 heteroatoms. The maximum Gasteiger partial charge on any atom is 0.234 e. The van der Waals surface area contributed by atoms with Crippen LogP contribution in [0.4, 0.5) is 0 Å². The van der Waals surface area contributed by atoms with Crippen LogP contribution in [0, 0.1) is 0 Å². The molecular weight excluding hydrogens is 298 g/mol. The van der Waals surface area contributed by atoms with Crippen molar-refractivity contribution >= 4 is 21.8 Å². The van der Waals surface area contributed by atoms with Crippen LogP contribution in [0.1, 0.15) is 18.9 Å². The Morgan fingerprint density at radius 1 is 1.39 bits per heavy atom. The molecule has 0 saturated carbocycles. The summed E-state index contributed by atoms with van der Waals surface area (Å²) in [7, 11) is 3.21. The van der Waals surface area contributed by atoms with E-state index >= 15 is 0 Å². The van der Waals surface area contributed by atoms with Crippen LogP contribution in [0.2, 0.25) is 0 Å². The van der Waals surface area contributed by atoms with Gasteiger partial charge in [-0.3, -0.25) is 4.79 Å². The van der Waals surface area contributed by atoms with Gasteiger partial charge < -0.3 is 14.8 Å². The fourth-order valence-corrected chi connectivity index (χ4v) is 1.66. The van der Waals surface area contributed by atoms with Gasteiger partial charge in [0, 0.05) is 12.1 Å². The molecular formula is C13H18BrNO3. The molecule has 0 aromatic heterocycles. The Hall–Kier alpha value is -1.23. The van der Waals surface area contributed by atoms with Crippen molar-refractivity contribution in [1.29, 1.82) is 0 Å². The van der Waals surface area contributed by atoms with E-state index in [1.165, 1.54) is 0 Å². The van der Waals surface area contributed by atoms with Gasteiger partial charge in [0.1, 0.15) is 11.5 Å². The number of carbonyl (C=O) groups is 1. The van der Waals surface area contributed by atoms with Crippen LogP contribution in [0.5, 0.6) is 11.5 Å². The Balaban J connectivity index is 2.73. The molecule has 4 nitrogen and oxygen atoms in total. The lowest BCUT2D eigenvalue weighted by atomic mass is 10.2. The van der Waals surface area contributed by atoms with E-state index in [1.807, 2.05) is 25.1 Å². The zero-order valence-electron chi connectivity index (χ0n) is 10.8. The number of carbonyl (C=O) groups excluding carboxylic acids is 1. The molecule has 1 aromatic carbocycles. The number of ether oxygens (including phenoxy) is 2. The maximum atomic E-state index is 11.7. The maximum absolute atomic E-state index is 11.7. The van der Waals surface area contributed by atoms with Crippen molar-refractivity contribution in [2.75, 3.05) is 14.2 Å². The van der Waals surface area contributed by atoms with Crippen LogP contribution in [-0.4, -0.2) is 25.0 Å². The van der Waals surface area contributed by atoms with E-state index in [0.717, 1.165) is 23.5 Å². The molecule has 0 spiro atoms. The lowest BCUT2D eigenvalue weighted by Crippen LogP contribution is -2.30. The predicted octanol–water partition coefficient (Wildman–Crippen LogP) is 2.49. The molecule has 1 atom stereocenters. The molecule has 0 aliphatic heterocycles. The van der Waals surface area contributed by atoms with Gasteiger partial charge >= 0.3 is 0 Å². The lowest BCUT2D eigenvalue weighted by molar-refractivity contribution is -0.120. The van der Waals surface area contributed by atoms with Gasteiger partial charge in [-0.25, -0.2) is 0 Å². The number of benzene rings is 1. The number of methoxy groups -OCH3 is 2. The lowest BCUT2D eigenvalue weighted by Gasteiger charge is -2.12. The second-order valence-electron chi connectivity index (χ2n) is 3.77. The molecule has 1 amide bonds. The minimum Gasteiger partial charge on any atom is -0.497 e. The van der Waals surface area contributed by atoms with Crippen LogP contribution >= 0.6 is 15.9 Å². The molecule has 0 aliphatic rings. The van der Waals surface area contributed by atoms with Gasteiger partial charge in [0.15, 0.2) is 0 Å². The van der Waals surface area contributed by atoms with Gasteiger partial charge in [-0.15, -0.1) is 0 Å². The highest BCUT2D eigenvalue weighted by Crippen LogP contribution is 2.23. The van der Waals surface area contributed by atoms with E-state index in [0.29, 0.717) is 6.54 Å². The number of hydrogen-bond acceptors (Lipinski definition) is 3. The molecule has 1 unspecified atom stereocenters. The number of halogens is 1. The minimum absolute atomic E-state index is 0.0256. The summed E-state index contributed by atoms with van der Waals surface area (Å²) >= 11 is 3.31.